The quantitative estimate of drug-likeness (QED) is 0.529. The van der Waals surface area contributed by atoms with Crippen molar-refractivity contribution in [1.29, 1.82) is 0 Å². The summed E-state index contributed by atoms with van der Waals surface area (Å²) in [7, 11) is -0.788. The third kappa shape index (κ3) is 4.65. The summed E-state index contributed by atoms with van der Waals surface area (Å²) in [5.41, 5.74) is 2.81. The maximum atomic E-state index is 13.8. The normalized spacial score (nSPS) is 17.6. The number of amides is 1. The second-order valence-electron chi connectivity index (χ2n) is 10.1. The van der Waals surface area contributed by atoms with E-state index >= 15 is 0 Å². The van der Waals surface area contributed by atoms with E-state index in [1.807, 2.05) is 13.0 Å². The molecule has 2 saturated heterocycles. The van der Waals surface area contributed by atoms with E-state index < -0.39 is 10.0 Å². The number of carbonyl (C=O) groups excluding carboxylic acids is 1. The summed E-state index contributed by atoms with van der Waals surface area (Å²) in [5.74, 6) is -0.388. The van der Waals surface area contributed by atoms with Gasteiger partial charge in [-0.05, 0) is 74.6 Å². The molecule has 0 atom stereocenters. The zero-order chi connectivity index (χ0) is 26.4. The van der Waals surface area contributed by atoms with Gasteiger partial charge < -0.3 is 19.9 Å². The molecule has 2 aromatic carbocycles. The van der Waals surface area contributed by atoms with Crippen molar-refractivity contribution in [2.75, 3.05) is 44.1 Å². The molecule has 1 aromatic heterocycles. The van der Waals surface area contributed by atoms with Crippen LogP contribution in [0.4, 0.5) is 11.4 Å². The molecule has 196 valence electrons. The lowest BCUT2D eigenvalue weighted by atomic mass is 9.86. The molecule has 0 radical (unpaired) electrons. The molecule has 9 nitrogen and oxygen atoms in total. The Morgan fingerprint density at radius 3 is 2.57 bits per heavy atom. The highest BCUT2D eigenvalue weighted by Gasteiger charge is 2.43. The van der Waals surface area contributed by atoms with Gasteiger partial charge in [-0.2, -0.15) is 0 Å². The van der Waals surface area contributed by atoms with Crippen molar-refractivity contribution in [3.8, 4) is 0 Å². The van der Waals surface area contributed by atoms with Gasteiger partial charge in [0.15, 0.2) is 0 Å². The predicted octanol–water partition coefficient (Wildman–Crippen LogP) is 3.49. The zero-order valence-electron chi connectivity index (χ0n) is 21.3. The fourth-order valence-corrected chi connectivity index (χ4v) is 6.52. The highest BCUT2D eigenvalue weighted by molar-refractivity contribution is 7.89. The number of aryl methyl sites for hydroxylation is 1. The Hall–Kier alpha value is -3.21. The number of nitrogens with one attached hydrogen (secondary N) is 2. The smallest absolute Gasteiger partial charge is 0.257 e. The van der Waals surface area contributed by atoms with Crippen LogP contribution in [0.3, 0.4) is 0 Å². The number of sulfonamides is 1. The molecule has 2 aliphatic rings. The minimum atomic E-state index is -3.74. The first-order chi connectivity index (χ1) is 17.6. The maximum absolute atomic E-state index is 13.8. The molecule has 0 unspecified atom stereocenters. The van der Waals surface area contributed by atoms with Crippen molar-refractivity contribution >= 4 is 38.2 Å². The Morgan fingerprint density at radius 1 is 1.08 bits per heavy atom. The molecular formula is C27H32N4O5S. The summed E-state index contributed by atoms with van der Waals surface area (Å²) in [6, 6.07) is 11.6. The number of anilines is 2. The molecule has 1 spiro atoms. The number of carbonyl (C=O) groups is 1. The number of ether oxygens (including phenoxy) is 1. The summed E-state index contributed by atoms with van der Waals surface area (Å²) in [5, 5.41) is 3.79. The van der Waals surface area contributed by atoms with E-state index in [0.717, 1.165) is 53.2 Å². The van der Waals surface area contributed by atoms with Crippen LogP contribution in [0.5, 0.6) is 0 Å². The van der Waals surface area contributed by atoms with Gasteiger partial charge in [0, 0.05) is 62.0 Å². The average Bonchev–Trinajstić information content (AvgIpc) is 3.26. The first kappa shape index (κ1) is 25.4. The number of hydrogen-bond donors (Lipinski definition) is 2. The van der Waals surface area contributed by atoms with Crippen molar-refractivity contribution < 1.29 is 17.9 Å². The molecule has 3 heterocycles. The van der Waals surface area contributed by atoms with Gasteiger partial charge in [-0.25, -0.2) is 12.7 Å². The van der Waals surface area contributed by atoms with Crippen LogP contribution in [0.15, 0.2) is 52.2 Å². The summed E-state index contributed by atoms with van der Waals surface area (Å²) < 4.78 is 32.7. The summed E-state index contributed by atoms with van der Waals surface area (Å²) >= 11 is 0. The van der Waals surface area contributed by atoms with E-state index in [4.69, 9.17) is 4.74 Å². The minimum Gasteiger partial charge on any atom is -0.381 e. The topological polar surface area (TPSA) is 112 Å². The lowest BCUT2D eigenvalue weighted by Gasteiger charge is -2.43. The number of H-pyrrole nitrogens is 1. The Kier molecular flexibility index (Phi) is 6.59. The Bertz CT molecular complexity index is 1520. The van der Waals surface area contributed by atoms with E-state index in [-0.39, 0.29) is 21.9 Å². The molecule has 2 N–H and O–H groups in total. The molecular weight excluding hydrogens is 492 g/mol. The zero-order valence-corrected chi connectivity index (χ0v) is 22.2. The Morgan fingerprint density at radius 2 is 1.84 bits per heavy atom. The Balaban J connectivity index is 1.57. The number of rotatable bonds is 5. The molecule has 2 aliphatic heterocycles. The number of fused-ring (bicyclic) bond motifs is 1. The molecule has 3 aromatic rings. The van der Waals surface area contributed by atoms with Gasteiger partial charge in [-0.1, -0.05) is 0 Å². The second-order valence-corrected chi connectivity index (χ2v) is 12.2. The van der Waals surface area contributed by atoms with Crippen LogP contribution in [0.25, 0.3) is 10.9 Å². The first-order valence-corrected chi connectivity index (χ1v) is 13.9. The molecule has 5 rings (SSSR count). The van der Waals surface area contributed by atoms with Crippen LogP contribution in [0.1, 0.15) is 41.6 Å². The van der Waals surface area contributed by atoms with Crippen LogP contribution in [0, 0.1) is 6.92 Å². The molecule has 37 heavy (non-hydrogen) atoms. The van der Waals surface area contributed by atoms with Crippen LogP contribution in [-0.4, -0.2) is 63.0 Å². The van der Waals surface area contributed by atoms with Gasteiger partial charge in [0.2, 0.25) is 15.6 Å². The molecule has 10 heteroatoms. The number of benzene rings is 2. The third-order valence-electron chi connectivity index (χ3n) is 7.61. The number of aromatic nitrogens is 1. The van der Waals surface area contributed by atoms with Crippen LogP contribution in [-0.2, 0) is 14.8 Å². The lowest BCUT2D eigenvalue weighted by Crippen LogP contribution is -2.48. The monoisotopic (exact) mass is 524 g/mol. The van der Waals surface area contributed by atoms with Gasteiger partial charge in [0.1, 0.15) is 0 Å². The second kappa shape index (κ2) is 9.59. The van der Waals surface area contributed by atoms with Crippen LogP contribution in [0.2, 0.25) is 0 Å². The minimum absolute atomic E-state index is 0.0681. The van der Waals surface area contributed by atoms with Crippen molar-refractivity contribution in [2.45, 2.75) is 43.0 Å². The fraction of sp³-hybridized carbons (Fsp3) is 0.407. The van der Waals surface area contributed by atoms with E-state index in [2.05, 4.69) is 15.2 Å². The molecule has 0 aliphatic carbocycles. The van der Waals surface area contributed by atoms with Gasteiger partial charge >= 0.3 is 0 Å². The third-order valence-corrected chi connectivity index (χ3v) is 9.42. The van der Waals surface area contributed by atoms with E-state index in [0.29, 0.717) is 30.0 Å². The SMILES string of the molecule is Cc1cc(=O)[nH]c2ccc(NC(=O)c3cc(S(=O)(=O)N(C)C)ccc3N3CCCC34CCOCC4)cc12. The van der Waals surface area contributed by atoms with Crippen LogP contribution < -0.4 is 15.8 Å². The van der Waals surface area contributed by atoms with E-state index in [1.54, 1.807) is 24.3 Å². The molecule has 0 bridgehead atoms. The summed E-state index contributed by atoms with van der Waals surface area (Å²) in [6.45, 7) is 3.98. The van der Waals surface area contributed by atoms with Gasteiger partial charge in [0.25, 0.3) is 5.91 Å². The van der Waals surface area contributed by atoms with Crippen molar-refractivity contribution in [2.24, 2.45) is 0 Å². The molecule has 0 saturated carbocycles. The van der Waals surface area contributed by atoms with Gasteiger partial charge in [0.05, 0.1) is 16.1 Å². The maximum Gasteiger partial charge on any atom is 0.257 e. The standard InChI is InChI=1S/C27H32N4O5S/c1-18-15-25(32)29-23-7-5-19(16-21(18)23)28-26(33)22-17-20(37(34,35)30(2)3)6-8-24(22)31-12-4-9-27(31)10-13-36-14-11-27/h5-8,15-17H,4,9-14H2,1-3H3,(H,28,33)(H,29,32). The van der Waals surface area contributed by atoms with Crippen LogP contribution >= 0.6 is 0 Å². The van der Waals surface area contributed by atoms with Gasteiger partial charge in [-0.3, -0.25) is 9.59 Å². The number of aromatic amines is 1. The largest absolute Gasteiger partial charge is 0.381 e. The fourth-order valence-electron chi connectivity index (χ4n) is 5.59. The first-order valence-electron chi connectivity index (χ1n) is 12.5. The van der Waals surface area contributed by atoms with Crippen molar-refractivity contribution in [3.05, 3.63) is 63.9 Å². The summed E-state index contributed by atoms with van der Waals surface area (Å²) in [6.07, 6.45) is 3.75. The number of pyridine rings is 1. The summed E-state index contributed by atoms with van der Waals surface area (Å²) in [4.78, 5) is 30.7. The van der Waals surface area contributed by atoms with Crippen molar-refractivity contribution in [3.63, 3.8) is 0 Å². The van der Waals surface area contributed by atoms with E-state index in [1.165, 1.54) is 26.2 Å². The molecule has 1 amide bonds. The molecule has 2 fully saturated rings. The number of hydrogen-bond acceptors (Lipinski definition) is 6. The average molecular weight is 525 g/mol. The Labute approximate surface area is 216 Å². The predicted molar refractivity (Wildman–Crippen MR) is 144 cm³/mol. The highest BCUT2D eigenvalue weighted by atomic mass is 32.2. The highest BCUT2D eigenvalue weighted by Crippen LogP contribution is 2.43. The van der Waals surface area contributed by atoms with E-state index in [9.17, 15) is 18.0 Å². The van der Waals surface area contributed by atoms with Crippen molar-refractivity contribution in [1.82, 2.24) is 9.29 Å². The number of nitrogens with zero attached hydrogens (tertiary/aromatic N) is 2. The van der Waals surface area contributed by atoms with Gasteiger partial charge in [-0.15, -0.1) is 0 Å². The lowest BCUT2D eigenvalue weighted by molar-refractivity contribution is 0.0545.